The second-order valence-electron chi connectivity index (χ2n) is 7.21. The van der Waals surface area contributed by atoms with Crippen LogP contribution in [0.15, 0.2) is 39.9 Å². The molecule has 4 rings (SSSR count). The van der Waals surface area contributed by atoms with E-state index in [0.29, 0.717) is 24.7 Å². The van der Waals surface area contributed by atoms with Crippen LogP contribution in [0.4, 0.5) is 0 Å². The van der Waals surface area contributed by atoms with Gasteiger partial charge in [0.15, 0.2) is 12.1 Å². The highest BCUT2D eigenvalue weighted by atomic mass is 16.5. The van der Waals surface area contributed by atoms with Crippen LogP contribution < -0.4 is 0 Å². The predicted molar refractivity (Wildman–Crippen MR) is 88.9 cm³/mol. The smallest absolute Gasteiger partial charge is 0.276 e. The Hall–Kier alpha value is -2.12. The molecule has 0 radical (unpaired) electrons. The van der Waals surface area contributed by atoms with Gasteiger partial charge in [-0.25, -0.2) is 4.98 Å². The fourth-order valence-electron chi connectivity index (χ4n) is 3.76. The van der Waals surface area contributed by atoms with Gasteiger partial charge in [0.25, 0.3) is 5.91 Å². The van der Waals surface area contributed by atoms with Crippen LogP contribution in [0.2, 0.25) is 0 Å². The molecule has 4 heterocycles. The van der Waals surface area contributed by atoms with Crippen molar-refractivity contribution in [2.45, 2.75) is 25.0 Å². The number of oxazole rings is 1. The van der Waals surface area contributed by atoms with E-state index in [1.54, 1.807) is 11.2 Å². The molecule has 0 bridgehead atoms. The number of hydrogen-bond donors (Lipinski definition) is 0. The molecule has 2 aliphatic rings. The fraction of sp³-hybridized carbons (Fsp3) is 0.556. The van der Waals surface area contributed by atoms with Gasteiger partial charge in [-0.2, -0.15) is 0 Å². The summed E-state index contributed by atoms with van der Waals surface area (Å²) in [5.74, 6) is 1.42. The number of rotatable bonds is 5. The lowest BCUT2D eigenvalue weighted by Crippen LogP contribution is -2.66. The number of carbonyl (C=O) groups excluding carboxylic acids is 1. The molecule has 2 saturated heterocycles. The zero-order chi connectivity index (χ0) is 17.3. The summed E-state index contributed by atoms with van der Waals surface area (Å²) in [4.78, 5) is 20.2. The minimum absolute atomic E-state index is 0.0803. The second-order valence-corrected chi connectivity index (χ2v) is 7.21. The highest BCUT2D eigenvalue weighted by Gasteiger charge is 2.48. The minimum atomic E-state index is -0.157. The average molecular weight is 345 g/mol. The Morgan fingerprint density at radius 2 is 2.36 bits per heavy atom. The summed E-state index contributed by atoms with van der Waals surface area (Å²) < 4.78 is 16.4. The molecule has 1 amide bonds. The SMILES string of the molecule is CN(Cc1ccco1)CC1CCC2(CN(C(=O)c3cocn3)C2)OC1. The van der Waals surface area contributed by atoms with Gasteiger partial charge in [0, 0.05) is 6.54 Å². The summed E-state index contributed by atoms with van der Waals surface area (Å²) in [5.41, 5.74) is 0.207. The van der Waals surface area contributed by atoms with E-state index in [0.717, 1.165) is 38.3 Å². The first kappa shape index (κ1) is 16.4. The molecule has 2 aromatic heterocycles. The van der Waals surface area contributed by atoms with Crippen molar-refractivity contribution >= 4 is 5.91 Å². The fourth-order valence-corrected chi connectivity index (χ4v) is 3.76. The number of furan rings is 1. The maximum absolute atomic E-state index is 12.2. The number of nitrogens with zero attached hydrogens (tertiary/aromatic N) is 3. The Bertz CT molecular complexity index is 682. The molecule has 0 aliphatic carbocycles. The Balaban J connectivity index is 1.22. The highest BCUT2D eigenvalue weighted by molar-refractivity contribution is 5.92. The molecule has 0 N–H and O–H groups in total. The molecule has 7 heteroatoms. The summed E-state index contributed by atoms with van der Waals surface area (Å²) in [5, 5.41) is 0. The van der Waals surface area contributed by atoms with Crippen LogP contribution in [0.25, 0.3) is 0 Å². The molecule has 7 nitrogen and oxygen atoms in total. The van der Waals surface area contributed by atoms with Crippen LogP contribution in [0.3, 0.4) is 0 Å². The van der Waals surface area contributed by atoms with Crippen LogP contribution in [0, 0.1) is 5.92 Å². The van der Waals surface area contributed by atoms with Gasteiger partial charge in [-0.3, -0.25) is 9.69 Å². The van der Waals surface area contributed by atoms with Crippen molar-refractivity contribution in [1.82, 2.24) is 14.8 Å². The maximum atomic E-state index is 12.2. The third kappa shape index (κ3) is 3.48. The van der Waals surface area contributed by atoms with E-state index in [9.17, 15) is 4.79 Å². The predicted octanol–water partition coefficient (Wildman–Crippen LogP) is 2.02. The van der Waals surface area contributed by atoms with Crippen molar-refractivity contribution in [2.75, 3.05) is 33.3 Å². The number of ether oxygens (including phenoxy) is 1. The Kier molecular flexibility index (Phi) is 4.35. The Morgan fingerprint density at radius 1 is 1.48 bits per heavy atom. The lowest BCUT2D eigenvalue weighted by atomic mass is 9.82. The largest absolute Gasteiger partial charge is 0.468 e. The molecule has 25 heavy (non-hydrogen) atoms. The highest BCUT2D eigenvalue weighted by Crippen LogP contribution is 2.36. The molecule has 0 aromatic carbocycles. The third-order valence-electron chi connectivity index (χ3n) is 5.11. The van der Waals surface area contributed by atoms with Crippen molar-refractivity contribution < 1.29 is 18.4 Å². The van der Waals surface area contributed by atoms with Crippen molar-refractivity contribution in [3.63, 3.8) is 0 Å². The number of amides is 1. The molecule has 2 fully saturated rings. The van der Waals surface area contributed by atoms with Crippen molar-refractivity contribution in [3.8, 4) is 0 Å². The second kappa shape index (κ2) is 6.65. The van der Waals surface area contributed by atoms with Gasteiger partial charge in [0.1, 0.15) is 17.6 Å². The number of carbonyl (C=O) groups is 1. The van der Waals surface area contributed by atoms with E-state index in [4.69, 9.17) is 13.6 Å². The Morgan fingerprint density at radius 3 is 3.00 bits per heavy atom. The van der Waals surface area contributed by atoms with Crippen molar-refractivity contribution in [3.05, 3.63) is 42.5 Å². The van der Waals surface area contributed by atoms with Crippen LogP contribution in [-0.2, 0) is 11.3 Å². The number of likely N-dealkylation sites (tertiary alicyclic amines) is 1. The lowest BCUT2D eigenvalue weighted by molar-refractivity contribution is -0.168. The van der Waals surface area contributed by atoms with Crippen molar-refractivity contribution in [1.29, 1.82) is 0 Å². The standard InChI is InChI=1S/C18H23N3O4/c1-20(8-15-3-2-6-24-15)7-14-4-5-18(25-9-14)11-21(12-18)17(22)16-10-23-13-19-16/h2-3,6,10,13-14H,4-5,7-9,11-12H2,1H3. The molecule has 1 spiro atoms. The zero-order valence-corrected chi connectivity index (χ0v) is 14.4. The molecule has 2 aliphatic heterocycles. The summed E-state index contributed by atoms with van der Waals surface area (Å²) in [6.45, 7) is 3.84. The molecule has 134 valence electrons. The third-order valence-corrected chi connectivity index (χ3v) is 5.11. The van der Waals surface area contributed by atoms with Crippen LogP contribution in [0.1, 0.15) is 29.1 Å². The van der Waals surface area contributed by atoms with E-state index in [2.05, 4.69) is 16.9 Å². The maximum Gasteiger partial charge on any atom is 0.276 e. The first-order valence-electron chi connectivity index (χ1n) is 8.66. The van der Waals surface area contributed by atoms with E-state index in [1.807, 2.05) is 12.1 Å². The minimum Gasteiger partial charge on any atom is -0.468 e. The topological polar surface area (TPSA) is 72.0 Å². The summed E-state index contributed by atoms with van der Waals surface area (Å²) in [6, 6.07) is 3.91. The molecular formula is C18H23N3O4. The average Bonchev–Trinajstić information content (AvgIpc) is 3.26. The van der Waals surface area contributed by atoms with Crippen LogP contribution in [-0.4, -0.2) is 59.6 Å². The van der Waals surface area contributed by atoms with Gasteiger partial charge in [-0.15, -0.1) is 0 Å². The van der Waals surface area contributed by atoms with Gasteiger partial charge in [-0.1, -0.05) is 0 Å². The first-order chi connectivity index (χ1) is 12.1. The monoisotopic (exact) mass is 345 g/mol. The van der Waals surface area contributed by atoms with Crippen molar-refractivity contribution in [2.24, 2.45) is 5.92 Å². The van der Waals surface area contributed by atoms with Gasteiger partial charge >= 0.3 is 0 Å². The van der Waals surface area contributed by atoms with E-state index >= 15 is 0 Å². The van der Waals surface area contributed by atoms with Crippen LogP contribution >= 0.6 is 0 Å². The lowest BCUT2D eigenvalue weighted by Gasteiger charge is -2.52. The van der Waals surface area contributed by atoms with Crippen LogP contribution in [0.5, 0.6) is 0 Å². The van der Waals surface area contributed by atoms with E-state index < -0.39 is 0 Å². The van der Waals surface area contributed by atoms with Gasteiger partial charge < -0.3 is 18.5 Å². The normalized spacial score (nSPS) is 22.3. The molecule has 0 saturated carbocycles. The quantitative estimate of drug-likeness (QED) is 0.826. The molecular weight excluding hydrogens is 322 g/mol. The van der Waals surface area contributed by atoms with E-state index in [1.165, 1.54) is 12.7 Å². The number of aromatic nitrogens is 1. The van der Waals surface area contributed by atoms with Gasteiger partial charge in [0.05, 0.1) is 32.5 Å². The summed E-state index contributed by atoms with van der Waals surface area (Å²) in [7, 11) is 2.11. The Labute approximate surface area is 146 Å². The molecule has 1 unspecified atom stereocenters. The summed E-state index contributed by atoms with van der Waals surface area (Å²) >= 11 is 0. The van der Waals surface area contributed by atoms with Gasteiger partial charge in [0.2, 0.25) is 0 Å². The first-order valence-corrected chi connectivity index (χ1v) is 8.66. The molecule has 2 aromatic rings. The summed E-state index contributed by atoms with van der Waals surface area (Å²) in [6.07, 6.45) is 6.49. The van der Waals surface area contributed by atoms with Gasteiger partial charge in [-0.05, 0) is 37.9 Å². The number of hydrogen-bond acceptors (Lipinski definition) is 6. The van der Waals surface area contributed by atoms with E-state index in [-0.39, 0.29) is 11.5 Å². The zero-order valence-electron chi connectivity index (χ0n) is 14.4. The molecule has 1 atom stereocenters.